The molecule has 86 valence electrons. The fraction of sp³-hybridized carbons (Fsp3) is 0.769. The first-order chi connectivity index (χ1) is 7.82. The Morgan fingerprint density at radius 1 is 1.50 bits per heavy atom. The zero-order valence-corrected chi connectivity index (χ0v) is 9.83. The zero-order chi connectivity index (χ0) is 11.0. The van der Waals surface area contributed by atoms with Crippen molar-refractivity contribution in [3.8, 4) is 11.8 Å². The van der Waals surface area contributed by atoms with Gasteiger partial charge in [-0.05, 0) is 32.9 Å². The van der Waals surface area contributed by atoms with Gasteiger partial charge in [0.25, 0.3) is 0 Å². The van der Waals surface area contributed by atoms with Crippen molar-refractivity contribution in [3.63, 3.8) is 0 Å². The van der Waals surface area contributed by atoms with Crippen molar-refractivity contribution in [3.05, 3.63) is 0 Å². The largest absolute Gasteiger partial charge is 0.387 e. The zero-order valence-electron chi connectivity index (χ0n) is 9.83. The number of rotatable bonds is 1. The van der Waals surface area contributed by atoms with E-state index < -0.39 is 0 Å². The molecule has 0 aliphatic carbocycles. The monoisotopic (exact) mass is 218 g/mol. The Bertz CT molecular complexity index is 371. The Morgan fingerprint density at radius 2 is 2.31 bits per heavy atom. The van der Waals surface area contributed by atoms with Gasteiger partial charge in [-0.25, -0.2) is 0 Å². The van der Waals surface area contributed by atoms with Gasteiger partial charge in [-0.1, -0.05) is 11.1 Å². The van der Waals surface area contributed by atoms with Crippen molar-refractivity contribution >= 4 is 5.71 Å². The molecule has 1 atom stereocenters. The van der Waals surface area contributed by atoms with Crippen molar-refractivity contribution in [1.82, 2.24) is 4.90 Å². The van der Waals surface area contributed by atoms with Crippen LogP contribution in [0, 0.1) is 17.8 Å². The van der Waals surface area contributed by atoms with Gasteiger partial charge < -0.3 is 4.84 Å². The van der Waals surface area contributed by atoms with Gasteiger partial charge in [-0.3, -0.25) is 4.90 Å². The molecule has 4 heterocycles. The summed E-state index contributed by atoms with van der Waals surface area (Å²) in [5.74, 6) is 6.72. The Balaban J connectivity index is 1.71. The molecule has 0 amide bonds. The maximum atomic E-state index is 5.80. The molecule has 4 aliphatic rings. The average Bonchev–Trinajstić information content (AvgIpc) is 2.71. The molecule has 3 nitrogen and oxygen atoms in total. The summed E-state index contributed by atoms with van der Waals surface area (Å²) in [6, 6.07) is 0. The van der Waals surface area contributed by atoms with E-state index in [1.54, 1.807) is 0 Å². The first kappa shape index (κ1) is 10.2. The van der Waals surface area contributed by atoms with Crippen LogP contribution in [0.3, 0.4) is 0 Å². The molecule has 0 aromatic heterocycles. The summed E-state index contributed by atoms with van der Waals surface area (Å²) in [7, 11) is 0. The molecule has 0 N–H and O–H groups in total. The minimum atomic E-state index is 0.0151. The minimum Gasteiger partial charge on any atom is -0.387 e. The Hall–Kier alpha value is -1.01. The first-order valence-corrected chi connectivity index (χ1v) is 6.18. The molecule has 0 aromatic rings. The number of piperidine rings is 3. The second-order valence-electron chi connectivity index (χ2n) is 5.14. The average molecular weight is 218 g/mol. The third kappa shape index (κ3) is 1.53. The molecule has 4 rings (SSSR count). The summed E-state index contributed by atoms with van der Waals surface area (Å²) < 4.78 is 0. The van der Waals surface area contributed by atoms with Crippen LogP contribution in [-0.2, 0) is 4.84 Å². The van der Waals surface area contributed by atoms with Crippen LogP contribution < -0.4 is 0 Å². The van der Waals surface area contributed by atoms with E-state index in [2.05, 4.69) is 21.9 Å². The van der Waals surface area contributed by atoms with E-state index in [-0.39, 0.29) is 5.60 Å². The fourth-order valence-electron chi connectivity index (χ4n) is 3.28. The number of fused-ring (bicyclic) bond motifs is 2. The van der Waals surface area contributed by atoms with Crippen LogP contribution in [-0.4, -0.2) is 35.8 Å². The predicted molar refractivity (Wildman–Crippen MR) is 63.1 cm³/mol. The van der Waals surface area contributed by atoms with Crippen molar-refractivity contribution in [2.24, 2.45) is 11.1 Å². The predicted octanol–water partition coefficient (Wildman–Crippen LogP) is 1.64. The van der Waals surface area contributed by atoms with Crippen LogP contribution in [0.1, 0.15) is 32.6 Å². The maximum Gasteiger partial charge on any atom is 0.158 e. The molecule has 4 aliphatic heterocycles. The van der Waals surface area contributed by atoms with E-state index in [1.165, 1.54) is 25.9 Å². The highest BCUT2D eigenvalue weighted by molar-refractivity contribution is 5.88. The summed E-state index contributed by atoms with van der Waals surface area (Å²) in [5, 5.41) is 4.26. The molecule has 3 saturated heterocycles. The summed E-state index contributed by atoms with van der Waals surface area (Å²) in [5.41, 5.74) is 1.16. The van der Waals surface area contributed by atoms with Crippen LogP contribution in [0.4, 0.5) is 0 Å². The molecule has 1 spiro atoms. The SMILES string of the molecule is CC#CCC1=NOC2(C1)CN1CCC2CC1. The number of hydrogen-bond acceptors (Lipinski definition) is 3. The number of nitrogens with zero attached hydrogens (tertiary/aromatic N) is 2. The Morgan fingerprint density at radius 3 is 2.94 bits per heavy atom. The standard InChI is InChI=1S/C13H18N2O/c1-2-3-4-12-9-13(16-14-12)10-15-7-5-11(13)6-8-15/h11H,4-10H2,1H3. The summed E-state index contributed by atoms with van der Waals surface area (Å²) >= 11 is 0. The highest BCUT2D eigenvalue weighted by atomic mass is 16.7. The van der Waals surface area contributed by atoms with Crippen LogP contribution >= 0.6 is 0 Å². The molecule has 2 bridgehead atoms. The molecular weight excluding hydrogens is 200 g/mol. The lowest BCUT2D eigenvalue weighted by atomic mass is 9.73. The van der Waals surface area contributed by atoms with Gasteiger partial charge in [-0.15, -0.1) is 5.92 Å². The van der Waals surface area contributed by atoms with E-state index in [1.807, 2.05) is 6.92 Å². The van der Waals surface area contributed by atoms with E-state index in [4.69, 9.17) is 4.84 Å². The van der Waals surface area contributed by atoms with Crippen LogP contribution in [0.25, 0.3) is 0 Å². The quantitative estimate of drug-likeness (QED) is 0.625. The van der Waals surface area contributed by atoms with Gasteiger partial charge in [0.15, 0.2) is 5.60 Å². The fourth-order valence-corrected chi connectivity index (χ4v) is 3.28. The van der Waals surface area contributed by atoms with E-state index >= 15 is 0 Å². The van der Waals surface area contributed by atoms with Crippen LogP contribution in [0.15, 0.2) is 5.16 Å². The second kappa shape index (κ2) is 3.78. The topological polar surface area (TPSA) is 24.8 Å². The maximum absolute atomic E-state index is 5.80. The first-order valence-electron chi connectivity index (χ1n) is 6.18. The van der Waals surface area contributed by atoms with E-state index in [0.717, 1.165) is 25.1 Å². The molecule has 0 saturated carbocycles. The lowest BCUT2D eigenvalue weighted by Gasteiger charge is -2.49. The van der Waals surface area contributed by atoms with Gasteiger partial charge in [-0.2, -0.15) is 0 Å². The minimum absolute atomic E-state index is 0.0151. The molecule has 0 aromatic carbocycles. The number of oxime groups is 1. The van der Waals surface area contributed by atoms with Gasteiger partial charge >= 0.3 is 0 Å². The van der Waals surface area contributed by atoms with Gasteiger partial charge in [0.2, 0.25) is 0 Å². The third-order valence-corrected chi connectivity index (χ3v) is 4.15. The summed E-state index contributed by atoms with van der Waals surface area (Å²) in [6.07, 6.45) is 4.35. The normalized spacial score (nSPS) is 40.2. The van der Waals surface area contributed by atoms with Gasteiger partial charge in [0.1, 0.15) is 0 Å². The summed E-state index contributed by atoms with van der Waals surface area (Å²) in [4.78, 5) is 8.32. The lowest BCUT2D eigenvalue weighted by Crippen LogP contribution is -2.59. The highest BCUT2D eigenvalue weighted by Crippen LogP contribution is 2.43. The smallest absolute Gasteiger partial charge is 0.158 e. The van der Waals surface area contributed by atoms with Gasteiger partial charge in [0.05, 0.1) is 12.1 Å². The van der Waals surface area contributed by atoms with Crippen LogP contribution in [0.2, 0.25) is 0 Å². The number of hydrogen-bond donors (Lipinski definition) is 0. The molecule has 3 fully saturated rings. The lowest BCUT2D eigenvalue weighted by molar-refractivity contribution is -0.136. The summed E-state index contributed by atoms with van der Waals surface area (Å²) in [6.45, 7) is 5.45. The molecule has 0 radical (unpaired) electrons. The highest BCUT2D eigenvalue weighted by Gasteiger charge is 2.51. The second-order valence-corrected chi connectivity index (χ2v) is 5.14. The molecule has 16 heavy (non-hydrogen) atoms. The van der Waals surface area contributed by atoms with E-state index in [0.29, 0.717) is 5.92 Å². The third-order valence-electron chi connectivity index (χ3n) is 4.15. The van der Waals surface area contributed by atoms with Crippen molar-refractivity contribution in [2.45, 2.75) is 38.2 Å². The molecule has 3 heteroatoms. The molecule has 1 unspecified atom stereocenters. The molecular formula is C13H18N2O. The van der Waals surface area contributed by atoms with Gasteiger partial charge in [0, 0.05) is 18.9 Å². The Labute approximate surface area is 96.8 Å². The van der Waals surface area contributed by atoms with Crippen molar-refractivity contribution in [1.29, 1.82) is 0 Å². The van der Waals surface area contributed by atoms with Crippen molar-refractivity contribution in [2.75, 3.05) is 19.6 Å². The van der Waals surface area contributed by atoms with Crippen LogP contribution in [0.5, 0.6) is 0 Å². The van der Waals surface area contributed by atoms with E-state index in [9.17, 15) is 0 Å². The Kier molecular flexibility index (Phi) is 2.40. The van der Waals surface area contributed by atoms with Crippen molar-refractivity contribution < 1.29 is 4.84 Å².